The molecular formula is C19H18BrFN4OS2. The number of thioether (sulfide) groups is 1. The van der Waals surface area contributed by atoms with E-state index in [4.69, 9.17) is 0 Å². The summed E-state index contributed by atoms with van der Waals surface area (Å²) in [6.07, 6.45) is 0. The minimum absolute atomic E-state index is 0.0248. The van der Waals surface area contributed by atoms with Crippen molar-refractivity contribution in [2.45, 2.75) is 17.4 Å². The van der Waals surface area contributed by atoms with E-state index in [9.17, 15) is 9.18 Å². The summed E-state index contributed by atoms with van der Waals surface area (Å²) in [5.41, 5.74) is 2.02. The first kappa shape index (κ1) is 20.8. The van der Waals surface area contributed by atoms with Crippen molar-refractivity contribution in [1.82, 2.24) is 15.1 Å². The Balaban J connectivity index is 1.46. The number of amides is 1. The zero-order valence-corrected chi connectivity index (χ0v) is 18.3. The molecule has 0 fully saturated rings. The van der Waals surface area contributed by atoms with Crippen molar-refractivity contribution < 1.29 is 9.18 Å². The first-order chi connectivity index (χ1) is 13.5. The molecule has 0 aliphatic rings. The molecule has 1 amide bonds. The van der Waals surface area contributed by atoms with Crippen LogP contribution in [0.2, 0.25) is 0 Å². The van der Waals surface area contributed by atoms with Gasteiger partial charge in [-0.3, -0.25) is 4.79 Å². The van der Waals surface area contributed by atoms with E-state index in [1.807, 2.05) is 24.3 Å². The third-order valence-electron chi connectivity index (χ3n) is 3.87. The van der Waals surface area contributed by atoms with Gasteiger partial charge in [0, 0.05) is 24.6 Å². The van der Waals surface area contributed by atoms with E-state index in [0.29, 0.717) is 24.0 Å². The standard InChI is InChI=1S/C19H18BrFN4OS2/c1-25(11-14-4-2-3-5-16(14)20)17(26)12-27-19-24-23-18(28-19)22-10-13-6-8-15(21)9-7-13/h2-9H,10-12H2,1H3,(H,22,23). The Kier molecular flexibility index (Phi) is 7.41. The fourth-order valence-corrected chi connectivity index (χ4v) is 4.42. The third-order valence-corrected chi connectivity index (χ3v) is 6.65. The number of carbonyl (C=O) groups is 1. The molecule has 0 aliphatic carbocycles. The molecule has 0 saturated heterocycles. The van der Waals surface area contributed by atoms with Gasteiger partial charge < -0.3 is 10.2 Å². The summed E-state index contributed by atoms with van der Waals surface area (Å²) in [6, 6.07) is 14.1. The Hall–Kier alpha value is -1.97. The molecule has 0 atom stereocenters. The van der Waals surface area contributed by atoms with Crippen LogP contribution in [0.4, 0.5) is 9.52 Å². The number of nitrogens with zero attached hydrogens (tertiary/aromatic N) is 3. The smallest absolute Gasteiger partial charge is 0.233 e. The average molecular weight is 481 g/mol. The summed E-state index contributed by atoms with van der Waals surface area (Å²) >= 11 is 6.26. The van der Waals surface area contributed by atoms with Gasteiger partial charge in [0.25, 0.3) is 0 Å². The van der Waals surface area contributed by atoms with Gasteiger partial charge in [0.15, 0.2) is 4.34 Å². The van der Waals surface area contributed by atoms with E-state index in [0.717, 1.165) is 19.9 Å². The minimum Gasteiger partial charge on any atom is -0.356 e. The average Bonchev–Trinajstić information content (AvgIpc) is 3.15. The molecule has 0 bridgehead atoms. The molecular weight excluding hydrogens is 463 g/mol. The van der Waals surface area contributed by atoms with E-state index < -0.39 is 0 Å². The lowest BCUT2D eigenvalue weighted by atomic mass is 10.2. The Morgan fingerprint density at radius 3 is 2.71 bits per heavy atom. The zero-order valence-electron chi connectivity index (χ0n) is 15.1. The second kappa shape index (κ2) is 9.99. The van der Waals surface area contributed by atoms with Crippen LogP contribution in [-0.2, 0) is 17.9 Å². The Bertz CT molecular complexity index is 936. The first-order valence-corrected chi connectivity index (χ1v) is 11.0. The molecule has 1 heterocycles. The number of hydrogen-bond donors (Lipinski definition) is 1. The topological polar surface area (TPSA) is 58.1 Å². The lowest BCUT2D eigenvalue weighted by molar-refractivity contribution is -0.127. The van der Waals surface area contributed by atoms with Crippen LogP contribution in [0.3, 0.4) is 0 Å². The SMILES string of the molecule is CN(Cc1ccccc1Br)C(=O)CSc1nnc(NCc2ccc(F)cc2)s1. The fourth-order valence-electron chi connectivity index (χ4n) is 2.32. The lowest BCUT2D eigenvalue weighted by Crippen LogP contribution is -2.27. The molecule has 0 aliphatic heterocycles. The third kappa shape index (κ3) is 6.02. The highest BCUT2D eigenvalue weighted by molar-refractivity contribution is 9.10. The van der Waals surface area contributed by atoms with Gasteiger partial charge in [-0.05, 0) is 29.3 Å². The molecule has 0 radical (unpaired) electrons. The monoisotopic (exact) mass is 480 g/mol. The van der Waals surface area contributed by atoms with Crippen LogP contribution in [0.25, 0.3) is 0 Å². The Labute approximate surface area is 179 Å². The van der Waals surface area contributed by atoms with Gasteiger partial charge >= 0.3 is 0 Å². The van der Waals surface area contributed by atoms with Crippen LogP contribution in [0.15, 0.2) is 57.3 Å². The number of halogens is 2. The maximum absolute atomic E-state index is 12.9. The highest BCUT2D eigenvalue weighted by Crippen LogP contribution is 2.26. The van der Waals surface area contributed by atoms with Gasteiger partial charge in [0.05, 0.1) is 5.75 Å². The highest BCUT2D eigenvalue weighted by atomic mass is 79.9. The second-order valence-corrected chi connectivity index (χ2v) is 9.04. The van der Waals surface area contributed by atoms with E-state index in [1.165, 1.54) is 35.2 Å². The number of carbonyl (C=O) groups excluding carboxylic acids is 1. The fraction of sp³-hybridized carbons (Fsp3) is 0.211. The number of nitrogens with one attached hydrogen (secondary N) is 1. The summed E-state index contributed by atoms with van der Waals surface area (Å²) in [6.45, 7) is 1.08. The largest absolute Gasteiger partial charge is 0.356 e. The molecule has 1 aromatic heterocycles. The lowest BCUT2D eigenvalue weighted by Gasteiger charge is -2.17. The van der Waals surface area contributed by atoms with Crippen molar-refractivity contribution in [2.75, 3.05) is 18.1 Å². The van der Waals surface area contributed by atoms with Crippen LogP contribution in [0, 0.1) is 5.82 Å². The molecule has 146 valence electrons. The quantitative estimate of drug-likeness (QED) is 0.469. The number of benzene rings is 2. The summed E-state index contributed by atoms with van der Waals surface area (Å²) in [5.74, 6) is 0.0671. The van der Waals surface area contributed by atoms with Crippen molar-refractivity contribution in [3.05, 3.63) is 69.9 Å². The number of aromatic nitrogens is 2. The van der Waals surface area contributed by atoms with Gasteiger partial charge in [-0.15, -0.1) is 10.2 Å². The number of anilines is 1. The molecule has 3 rings (SSSR count). The predicted octanol–water partition coefficient (Wildman–Crippen LogP) is 4.80. The Morgan fingerprint density at radius 1 is 1.21 bits per heavy atom. The molecule has 3 aromatic rings. The van der Waals surface area contributed by atoms with Crippen LogP contribution in [-0.4, -0.2) is 33.8 Å². The summed E-state index contributed by atoms with van der Waals surface area (Å²) in [4.78, 5) is 14.1. The molecule has 28 heavy (non-hydrogen) atoms. The molecule has 1 N–H and O–H groups in total. The van der Waals surface area contributed by atoms with Crippen LogP contribution >= 0.6 is 39.0 Å². The van der Waals surface area contributed by atoms with Crippen molar-refractivity contribution >= 4 is 50.1 Å². The maximum atomic E-state index is 12.9. The molecule has 0 unspecified atom stereocenters. The van der Waals surface area contributed by atoms with Crippen LogP contribution in [0.1, 0.15) is 11.1 Å². The van der Waals surface area contributed by atoms with Crippen LogP contribution in [0.5, 0.6) is 0 Å². The summed E-state index contributed by atoms with van der Waals surface area (Å²) in [5, 5.41) is 12.0. The zero-order chi connectivity index (χ0) is 19.9. The van der Waals surface area contributed by atoms with Crippen molar-refractivity contribution in [3.63, 3.8) is 0 Å². The molecule has 2 aromatic carbocycles. The number of hydrogen-bond acceptors (Lipinski definition) is 6. The molecule has 0 saturated carbocycles. The van der Waals surface area contributed by atoms with Crippen LogP contribution < -0.4 is 5.32 Å². The van der Waals surface area contributed by atoms with Crippen molar-refractivity contribution in [2.24, 2.45) is 0 Å². The van der Waals surface area contributed by atoms with E-state index >= 15 is 0 Å². The van der Waals surface area contributed by atoms with E-state index in [-0.39, 0.29) is 11.7 Å². The minimum atomic E-state index is -0.257. The van der Waals surface area contributed by atoms with Crippen molar-refractivity contribution in [1.29, 1.82) is 0 Å². The number of rotatable bonds is 8. The molecule has 0 spiro atoms. The summed E-state index contributed by atoms with van der Waals surface area (Å²) < 4.78 is 14.6. The van der Waals surface area contributed by atoms with Gasteiger partial charge in [-0.25, -0.2) is 4.39 Å². The molecule has 5 nitrogen and oxygen atoms in total. The normalized spacial score (nSPS) is 10.7. The first-order valence-electron chi connectivity index (χ1n) is 8.43. The Morgan fingerprint density at radius 2 is 1.96 bits per heavy atom. The highest BCUT2D eigenvalue weighted by Gasteiger charge is 2.13. The summed E-state index contributed by atoms with van der Waals surface area (Å²) in [7, 11) is 1.79. The van der Waals surface area contributed by atoms with E-state index in [1.54, 1.807) is 24.1 Å². The predicted molar refractivity (Wildman–Crippen MR) is 115 cm³/mol. The second-order valence-electron chi connectivity index (χ2n) is 5.98. The van der Waals surface area contributed by atoms with Gasteiger partial charge in [0.1, 0.15) is 5.82 Å². The van der Waals surface area contributed by atoms with E-state index in [2.05, 4.69) is 31.4 Å². The van der Waals surface area contributed by atoms with Gasteiger partial charge in [-0.2, -0.15) is 0 Å². The van der Waals surface area contributed by atoms with Gasteiger partial charge in [-0.1, -0.05) is 69.4 Å². The van der Waals surface area contributed by atoms with Gasteiger partial charge in [0.2, 0.25) is 11.0 Å². The molecule has 9 heteroatoms. The van der Waals surface area contributed by atoms with Crippen molar-refractivity contribution in [3.8, 4) is 0 Å². The maximum Gasteiger partial charge on any atom is 0.233 e.